The second-order valence-corrected chi connectivity index (χ2v) is 16.6. The maximum Gasteiger partial charge on any atom is 0.0541 e. The molecule has 5 aliphatic rings. The molecule has 0 radical (unpaired) electrons. The van der Waals surface area contributed by atoms with E-state index in [1.807, 2.05) is 0 Å². The number of rotatable bonds is 5. The highest BCUT2D eigenvalue weighted by molar-refractivity contribution is 6.09. The molecule has 260 valence electrons. The molecule has 0 saturated heterocycles. The molecule has 0 aliphatic heterocycles. The first-order valence-corrected chi connectivity index (χ1v) is 20.0. The fraction of sp³-hybridized carbons (Fsp3) is 0.192. The van der Waals surface area contributed by atoms with Crippen LogP contribution in [-0.4, -0.2) is 4.57 Å². The second-order valence-electron chi connectivity index (χ2n) is 16.6. The van der Waals surface area contributed by atoms with E-state index in [-0.39, 0.29) is 5.41 Å². The van der Waals surface area contributed by atoms with E-state index in [1.54, 1.807) is 11.1 Å². The molecule has 7 aromatic carbocycles. The van der Waals surface area contributed by atoms with Crippen LogP contribution in [0.25, 0.3) is 49.7 Å². The van der Waals surface area contributed by atoms with Crippen molar-refractivity contribution in [1.29, 1.82) is 0 Å². The van der Waals surface area contributed by atoms with Gasteiger partial charge in [-0.15, -0.1) is 0 Å². The van der Waals surface area contributed by atoms with Gasteiger partial charge in [0.25, 0.3) is 0 Å². The minimum Gasteiger partial charge on any atom is -0.310 e. The van der Waals surface area contributed by atoms with E-state index in [1.165, 1.54) is 76.2 Å². The van der Waals surface area contributed by atoms with E-state index in [9.17, 15) is 0 Å². The zero-order valence-corrected chi connectivity index (χ0v) is 30.4. The Labute approximate surface area is 317 Å². The van der Waals surface area contributed by atoms with Gasteiger partial charge in [-0.1, -0.05) is 109 Å². The lowest BCUT2D eigenvalue weighted by molar-refractivity contribution is -0.0399. The molecule has 0 unspecified atom stereocenters. The standard InChI is InChI=1S/C52H42N2/c1-2-11-40(12-3-1)53(42-13-10-14-43(33-42)54-50-19-8-5-16-46(50)47-17-6-9-20-51(47)54)41-24-21-36(22-25-41)37-23-26-45-44-15-4-7-18-48(44)52(49(45)32-37)38-28-34-27-35(30-38)31-39(52)29-34/h1-26,32-35,38-39H,27-31H2. The van der Waals surface area contributed by atoms with Crippen LogP contribution in [0.1, 0.15) is 43.2 Å². The van der Waals surface area contributed by atoms with Gasteiger partial charge in [-0.05, 0) is 150 Å². The lowest BCUT2D eigenvalue weighted by Gasteiger charge is -2.61. The molecule has 0 amide bonds. The van der Waals surface area contributed by atoms with Crippen LogP contribution in [0.2, 0.25) is 0 Å². The fourth-order valence-electron chi connectivity index (χ4n) is 12.1. The first kappa shape index (κ1) is 30.6. The maximum atomic E-state index is 2.61. The highest BCUT2D eigenvalue weighted by atomic mass is 15.1. The summed E-state index contributed by atoms with van der Waals surface area (Å²) in [5.74, 6) is 3.43. The molecule has 1 spiro atoms. The Morgan fingerprint density at radius 2 is 1.00 bits per heavy atom. The molecule has 54 heavy (non-hydrogen) atoms. The van der Waals surface area contributed by atoms with Crippen molar-refractivity contribution in [2.75, 3.05) is 4.90 Å². The summed E-state index contributed by atoms with van der Waals surface area (Å²) in [4.78, 5) is 2.39. The van der Waals surface area contributed by atoms with Crippen LogP contribution in [0, 0.1) is 23.7 Å². The summed E-state index contributed by atoms with van der Waals surface area (Å²) in [6, 6.07) is 63.5. The van der Waals surface area contributed by atoms with Crippen molar-refractivity contribution in [2.45, 2.75) is 37.5 Å². The minimum atomic E-state index is 0.181. The lowest BCUT2D eigenvalue weighted by Crippen LogP contribution is -2.55. The molecular formula is C52H42N2. The highest BCUT2D eigenvalue weighted by Crippen LogP contribution is 2.69. The summed E-state index contributed by atoms with van der Waals surface area (Å²) in [6.07, 6.45) is 7.12. The van der Waals surface area contributed by atoms with Crippen LogP contribution >= 0.6 is 0 Å². The molecule has 4 saturated carbocycles. The summed E-state index contributed by atoms with van der Waals surface area (Å²) < 4.78 is 2.41. The van der Waals surface area contributed by atoms with Crippen LogP contribution in [0.3, 0.4) is 0 Å². The molecule has 5 aliphatic carbocycles. The van der Waals surface area contributed by atoms with E-state index in [0.717, 1.165) is 46.4 Å². The Bertz CT molecular complexity index is 2650. The van der Waals surface area contributed by atoms with Gasteiger partial charge in [0, 0.05) is 38.9 Å². The maximum absolute atomic E-state index is 2.61. The molecule has 0 atom stereocenters. The largest absolute Gasteiger partial charge is 0.310 e. The van der Waals surface area contributed by atoms with Gasteiger partial charge in [-0.3, -0.25) is 0 Å². The van der Waals surface area contributed by atoms with Gasteiger partial charge in [0.1, 0.15) is 0 Å². The SMILES string of the molecule is c1ccc(N(c2ccc(-c3ccc4c(c3)C3(c5ccccc5-4)C4CC5CC(C4)CC3C5)cc2)c2cccc(-n3c4ccccc4c4ccccc43)c2)cc1. The third kappa shape index (κ3) is 4.28. The number of fused-ring (bicyclic) bond motifs is 6. The summed E-state index contributed by atoms with van der Waals surface area (Å²) in [6.45, 7) is 0. The van der Waals surface area contributed by atoms with Gasteiger partial charge in [-0.25, -0.2) is 0 Å². The zero-order chi connectivity index (χ0) is 35.4. The van der Waals surface area contributed by atoms with Crippen LogP contribution in [0.4, 0.5) is 17.1 Å². The number of hydrogen-bond donors (Lipinski definition) is 0. The molecule has 4 fully saturated rings. The number of aromatic nitrogens is 1. The molecule has 4 bridgehead atoms. The topological polar surface area (TPSA) is 8.17 Å². The van der Waals surface area contributed by atoms with Crippen molar-refractivity contribution >= 4 is 38.9 Å². The van der Waals surface area contributed by atoms with Crippen molar-refractivity contribution in [1.82, 2.24) is 4.57 Å². The number of benzene rings is 7. The lowest BCUT2D eigenvalue weighted by atomic mass is 9.43. The van der Waals surface area contributed by atoms with Crippen LogP contribution < -0.4 is 4.90 Å². The Morgan fingerprint density at radius 3 is 1.72 bits per heavy atom. The quantitative estimate of drug-likeness (QED) is 0.174. The van der Waals surface area contributed by atoms with E-state index < -0.39 is 0 Å². The van der Waals surface area contributed by atoms with Crippen LogP contribution in [0.15, 0.2) is 170 Å². The minimum absolute atomic E-state index is 0.181. The third-order valence-corrected chi connectivity index (χ3v) is 14.0. The molecule has 8 aromatic rings. The van der Waals surface area contributed by atoms with Gasteiger partial charge in [0.2, 0.25) is 0 Å². The molecule has 13 rings (SSSR count). The van der Waals surface area contributed by atoms with E-state index in [0.29, 0.717) is 0 Å². The monoisotopic (exact) mass is 694 g/mol. The average Bonchev–Trinajstić information content (AvgIpc) is 3.71. The van der Waals surface area contributed by atoms with Crippen molar-refractivity contribution < 1.29 is 0 Å². The summed E-state index contributed by atoms with van der Waals surface area (Å²) in [5.41, 5.74) is 16.0. The number of para-hydroxylation sites is 3. The molecule has 1 heterocycles. The zero-order valence-electron chi connectivity index (χ0n) is 30.4. The molecule has 2 heteroatoms. The predicted octanol–water partition coefficient (Wildman–Crippen LogP) is 13.6. The highest BCUT2D eigenvalue weighted by Gasteiger charge is 2.61. The van der Waals surface area contributed by atoms with E-state index in [2.05, 4.69) is 179 Å². The summed E-state index contributed by atoms with van der Waals surface area (Å²) >= 11 is 0. The van der Waals surface area contributed by atoms with Gasteiger partial charge < -0.3 is 9.47 Å². The number of nitrogens with zero attached hydrogens (tertiary/aromatic N) is 2. The molecule has 0 N–H and O–H groups in total. The van der Waals surface area contributed by atoms with Gasteiger partial charge in [0.15, 0.2) is 0 Å². The average molecular weight is 695 g/mol. The van der Waals surface area contributed by atoms with Gasteiger partial charge in [-0.2, -0.15) is 0 Å². The number of hydrogen-bond acceptors (Lipinski definition) is 1. The number of anilines is 3. The van der Waals surface area contributed by atoms with Crippen molar-refractivity contribution in [3.05, 3.63) is 181 Å². The van der Waals surface area contributed by atoms with Crippen LogP contribution in [-0.2, 0) is 5.41 Å². The second kappa shape index (κ2) is 11.6. The van der Waals surface area contributed by atoms with Crippen LogP contribution in [0.5, 0.6) is 0 Å². The smallest absolute Gasteiger partial charge is 0.0541 e. The fourth-order valence-corrected chi connectivity index (χ4v) is 12.1. The normalized spacial score (nSPS) is 23.3. The van der Waals surface area contributed by atoms with E-state index >= 15 is 0 Å². The molecular weight excluding hydrogens is 653 g/mol. The predicted molar refractivity (Wildman–Crippen MR) is 224 cm³/mol. The van der Waals surface area contributed by atoms with Crippen molar-refractivity contribution in [2.24, 2.45) is 23.7 Å². The Hall–Kier alpha value is -5.86. The van der Waals surface area contributed by atoms with Gasteiger partial charge >= 0.3 is 0 Å². The first-order valence-electron chi connectivity index (χ1n) is 20.0. The Morgan fingerprint density at radius 1 is 0.426 bits per heavy atom. The Balaban J connectivity index is 0.953. The van der Waals surface area contributed by atoms with Gasteiger partial charge in [0.05, 0.1) is 11.0 Å². The molecule has 1 aromatic heterocycles. The first-order chi connectivity index (χ1) is 26.7. The molecule has 2 nitrogen and oxygen atoms in total. The summed E-state index contributed by atoms with van der Waals surface area (Å²) in [7, 11) is 0. The van der Waals surface area contributed by atoms with E-state index in [4.69, 9.17) is 0 Å². The summed E-state index contributed by atoms with van der Waals surface area (Å²) in [5, 5.41) is 2.55. The van der Waals surface area contributed by atoms with Crippen molar-refractivity contribution in [3.8, 4) is 27.9 Å². The Kier molecular flexibility index (Phi) is 6.55. The van der Waals surface area contributed by atoms with Crippen molar-refractivity contribution in [3.63, 3.8) is 0 Å². The third-order valence-electron chi connectivity index (χ3n) is 14.0.